The molecule has 0 fully saturated rings. The first-order valence-corrected chi connectivity index (χ1v) is 9.08. The first-order chi connectivity index (χ1) is 9.35. The van der Waals surface area contributed by atoms with Crippen molar-refractivity contribution < 1.29 is 0 Å². The molecule has 0 heterocycles. The molecule has 0 aliphatic heterocycles. The summed E-state index contributed by atoms with van der Waals surface area (Å²) in [7, 11) is 0. The third-order valence-corrected chi connectivity index (χ3v) is 4.01. The fourth-order valence-corrected chi connectivity index (χ4v) is 2.71. The van der Waals surface area contributed by atoms with E-state index in [-0.39, 0.29) is 0 Å². The molecule has 0 saturated carbocycles. The zero-order chi connectivity index (χ0) is 14.2. The van der Waals surface area contributed by atoms with Gasteiger partial charge in [0.1, 0.15) is 0 Å². The molecule has 0 amide bonds. The summed E-state index contributed by atoms with van der Waals surface area (Å²) in [5.74, 6) is 0. The number of unbranched alkanes of at least 4 members (excludes halogenated alkanes) is 8. The SMILES string of the molecule is CCCCCCCCCCNC(CCC)CCCC. The largest absolute Gasteiger partial charge is 0.314 e. The summed E-state index contributed by atoms with van der Waals surface area (Å²) < 4.78 is 0. The molecule has 1 unspecified atom stereocenters. The lowest BCUT2D eigenvalue weighted by Crippen LogP contribution is -2.29. The lowest BCUT2D eigenvalue weighted by Gasteiger charge is -2.17. The van der Waals surface area contributed by atoms with Crippen molar-refractivity contribution in [3.8, 4) is 0 Å². The summed E-state index contributed by atoms with van der Waals surface area (Å²) in [6.45, 7) is 8.12. The molecule has 1 N–H and O–H groups in total. The predicted molar refractivity (Wildman–Crippen MR) is 88.8 cm³/mol. The van der Waals surface area contributed by atoms with Gasteiger partial charge in [0.15, 0.2) is 0 Å². The van der Waals surface area contributed by atoms with Gasteiger partial charge < -0.3 is 5.32 Å². The van der Waals surface area contributed by atoms with Crippen LogP contribution in [0.25, 0.3) is 0 Å². The molecule has 0 saturated heterocycles. The van der Waals surface area contributed by atoms with E-state index in [4.69, 9.17) is 0 Å². The van der Waals surface area contributed by atoms with Gasteiger partial charge in [-0.05, 0) is 25.8 Å². The van der Waals surface area contributed by atoms with Crippen molar-refractivity contribution in [2.75, 3.05) is 6.54 Å². The fourth-order valence-electron chi connectivity index (χ4n) is 2.71. The summed E-state index contributed by atoms with van der Waals surface area (Å²) in [5.41, 5.74) is 0. The van der Waals surface area contributed by atoms with Gasteiger partial charge in [-0.25, -0.2) is 0 Å². The Morgan fingerprint density at radius 1 is 0.579 bits per heavy atom. The first kappa shape index (κ1) is 19.0. The van der Waals surface area contributed by atoms with Crippen LogP contribution in [-0.4, -0.2) is 12.6 Å². The minimum Gasteiger partial charge on any atom is -0.314 e. The first-order valence-electron chi connectivity index (χ1n) is 9.08. The van der Waals surface area contributed by atoms with E-state index < -0.39 is 0 Å². The second-order valence-corrected chi connectivity index (χ2v) is 6.06. The highest BCUT2D eigenvalue weighted by atomic mass is 14.9. The molecule has 0 bridgehead atoms. The minimum atomic E-state index is 0.787. The zero-order valence-corrected chi connectivity index (χ0v) is 14.0. The maximum absolute atomic E-state index is 3.77. The quantitative estimate of drug-likeness (QED) is 0.355. The van der Waals surface area contributed by atoms with E-state index in [0.29, 0.717) is 0 Å². The van der Waals surface area contributed by atoms with Crippen molar-refractivity contribution in [2.24, 2.45) is 0 Å². The Bertz CT molecular complexity index is 156. The van der Waals surface area contributed by atoms with Gasteiger partial charge in [0.25, 0.3) is 0 Å². The van der Waals surface area contributed by atoms with Gasteiger partial charge in [0.2, 0.25) is 0 Å². The van der Waals surface area contributed by atoms with Crippen molar-refractivity contribution in [1.82, 2.24) is 5.32 Å². The molecule has 19 heavy (non-hydrogen) atoms. The third kappa shape index (κ3) is 14.2. The Morgan fingerprint density at radius 3 is 1.74 bits per heavy atom. The second-order valence-electron chi connectivity index (χ2n) is 6.06. The number of hydrogen-bond donors (Lipinski definition) is 1. The predicted octanol–water partition coefficient (Wildman–Crippen LogP) is 6.08. The molecule has 0 aliphatic rings. The van der Waals surface area contributed by atoms with Crippen LogP contribution in [0.1, 0.15) is 104 Å². The molecule has 1 nitrogen and oxygen atoms in total. The highest BCUT2D eigenvalue weighted by molar-refractivity contribution is 4.66. The Hall–Kier alpha value is -0.0400. The van der Waals surface area contributed by atoms with Gasteiger partial charge >= 0.3 is 0 Å². The van der Waals surface area contributed by atoms with Crippen LogP contribution >= 0.6 is 0 Å². The third-order valence-electron chi connectivity index (χ3n) is 4.01. The Morgan fingerprint density at radius 2 is 1.16 bits per heavy atom. The Kier molecular flexibility index (Phi) is 16.0. The van der Waals surface area contributed by atoms with E-state index >= 15 is 0 Å². The molecule has 0 radical (unpaired) electrons. The Labute approximate surface area is 122 Å². The topological polar surface area (TPSA) is 12.0 Å². The Balaban J connectivity index is 3.29. The van der Waals surface area contributed by atoms with Gasteiger partial charge in [0.05, 0.1) is 0 Å². The second kappa shape index (κ2) is 16.0. The van der Waals surface area contributed by atoms with Crippen LogP contribution in [0.5, 0.6) is 0 Å². The van der Waals surface area contributed by atoms with Crippen LogP contribution in [0.3, 0.4) is 0 Å². The van der Waals surface area contributed by atoms with Crippen molar-refractivity contribution in [1.29, 1.82) is 0 Å². The maximum Gasteiger partial charge on any atom is 0.00669 e. The van der Waals surface area contributed by atoms with Gasteiger partial charge in [0, 0.05) is 6.04 Å². The van der Waals surface area contributed by atoms with Crippen LogP contribution in [-0.2, 0) is 0 Å². The molecular formula is C18H39N. The van der Waals surface area contributed by atoms with E-state index in [9.17, 15) is 0 Å². The van der Waals surface area contributed by atoms with Crippen LogP contribution in [0.4, 0.5) is 0 Å². The average Bonchev–Trinajstić information content (AvgIpc) is 2.42. The molecule has 0 spiro atoms. The number of hydrogen-bond acceptors (Lipinski definition) is 1. The van der Waals surface area contributed by atoms with E-state index in [1.807, 2.05) is 0 Å². The van der Waals surface area contributed by atoms with Crippen molar-refractivity contribution in [3.05, 3.63) is 0 Å². The van der Waals surface area contributed by atoms with Gasteiger partial charge in [-0.3, -0.25) is 0 Å². The van der Waals surface area contributed by atoms with Crippen molar-refractivity contribution >= 4 is 0 Å². The van der Waals surface area contributed by atoms with Gasteiger partial charge in [-0.15, -0.1) is 0 Å². The average molecular weight is 270 g/mol. The van der Waals surface area contributed by atoms with E-state index in [1.165, 1.54) is 90.0 Å². The molecule has 0 aliphatic carbocycles. The number of nitrogens with one attached hydrogen (secondary N) is 1. The lowest BCUT2D eigenvalue weighted by molar-refractivity contribution is 0.426. The number of rotatable bonds is 15. The molecule has 1 atom stereocenters. The molecule has 1 heteroatoms. The smallest absolute Gasteiger partial charge is 0.00669 e. The van der Waals surface area contributed by atoms with Crippen LogP contribution < -0.4 is 5.32 Å². The zero-order valence-electron chi connectivity index (χ0n) is 14.0. The van der Waals surface area contributed by atoms with Gasteiger partial charge in [-0.1, -0.05) is 85.0 Å². The van der Waals surface area contributed by atoms with Crippen LogP contribution in [0.2, 0.25) is 0 Å². The minimum absolute atomic E-state index is 0.787. The molecule has 0 aromatic rings. The van der Waals surface area contributed by atoms with E-state index in [0.717, 1.165) is 6.04 Å². The van der Waals surface area contributed by atoms with Crippen LogP contribution in [0, 0.1) is 0 Å². The summed E-state index contributed by atoms with van der Waals surface area (Å²) in [4.78, 5) is 0. The van der Waals surface area contributed by atoms with E-state index in [1.54, 1.807) is 0 Å². The monoisotopic (exact) mass is 269 g/mol. The standard InChI is InChI=1S/C18H39N/c1-4-7-9-10-11-12-13-14-17-19-18(15-6-3)16-8-5-2/h18-19H,4-17H2,1-3H3. The molecule has 116 valence electrons. The summed E-state index contributed by atoms with van der Waals surface area (Å²) in [6.07, 6.45) is 18.2. The van der Waals surface area contributed by atoms with Crippen molar-refractivity contribution in [2.45, 2.75) is 110 Å². The normalized spacial score (nSPS) is 12.8. The van der Waals surface area contributed by atoms with Crippen molar-refractivity contribution in [3.63, 3.8) is 0 Å². The van der Waals surface area contributed by atoms with Gasteiger partial charge in [-0.2, -0.15) is 0 Å². The molecule has 0 aromatic heterocycles. The van der Waals surface area contributed by atoms with E-state index in [2.05, 4.69) is 26.1 Å². The molecular weight excluding hydrogens is 230 g/mol. The highest BCUT2D eigenvalue weighted by Gasteiger charge is 2.05. The highest BCUT2D eigenvalue weighted by Crippen LogP contribution is 2.09. The molecule has 0 rings (SSSR count). The molecule has 0 aromatic carbocycles. The summed E-state index contributed by atoms with van der Waals surface area (Å²) >= 11 is 0. The maximum atomic E-state index is 3.77. The summed E-state index contributed by atoms with van der Waals surface area (Å²) in [6, 6.07) is 0.787. The lowest BCUT2D eigenvalue weighted by atomic mass is 10.0. The van der Waals surface area contributed by atoms with Crippen LogP contribution in [0.15, 0.2) is 0 Å². The summed E-state index contributed by atoms with van der Waals surface area (Å²) in [5, 5.41) is 3.77. The fraction of sp³-hybridized carbons (Fsp3) is 1.00.